The van der Waals surface area contributed by atoms with Gasteiger partial charge in [-0.15, -0.1) is 0 Å². The molecule has 1 aliphatic carbocycles. The Morgan fingerprint density at radius 3 is 2.58 bits per heavy atom. The zero-order valence-corrected chi connectivity index (χ0v) is 16.0. The number of fused-ring (bicyclic) bond motifs is 1. The lowest BCUT2D eigenvalue weighted by molar-refractivity contribution is -0.129. The van der Waals surface area contributed by atoms with Crippen molar-refractivity contribution in [1.82, 2.24) is 15.1 Å². The Morgan fingerprint density at radius 1 is 1.23 bits per heavy atom. The number of likely N-dealkylation sites (N-methyl/N-ethyl adjacent to an activating group) is 1. The number of nitrogens with zero attached hydrogens (tertiary/aromatic N) is 2. The van der Waals surface area contributed by atoms with E-state index in [0.717, 1.165) is 38.8 Å². The lowest BCUT2D eigenvalue weighted by Gasteiger charge is -2.26. The van der Waals surface area contributed by atoms with Gasteiger partial charge in [0.15, 0.2) is 0 Å². The maximum Gasteiger partial charge on any atom is 0.222 e. The fourth-order valence-electron chi connectivity index (χ4n) is 4.22. The molecule has 0 bridgehead atoms. The maximum absolute atomic E-state index is 12.3. The van der Waals surface area contributed by atoms with E-state index in [0.29, 0.717) is 25.3 Å². The van der Waals surface area contributed by atoms with E-state index in [-0.39, 0.29) is 17.9 Å². The van der Waals surface area contributed by atoms with Crippen molar-refractivity contribution in [2.24, 2.45) is 5.92 Å². The Kier molecular flexibility index (Phi) is 6.30. The SMILES string of the molecule is CN(C)CCN1C(=O)CC[C@@H]1CCNC(=O)CC1Cc2ccccc2C1. The molecule has 1 fully saturated rings. The molecule has 1 atom stereocenters. The minimum absolute atomic E-state index is 0.145. The number of amides is 2. The summed E-state index contributed by atoms with van der Waals surface area (Å²) in [6.45, 7) is 2.33. The Bertz CT molecular complexity index is 619. The van der Waals surface area contributed by atoms with Crippen LogP contribution in [0.1, 0.15) is 36.8 Å². The summed E-state index contributed by atoms with van der Waals surface area (Å²) in [4.78, 5) is 28.4. The van der Waals surface area contributed by atoms with Crippen molar-refractivity contribution in [2.45, 2.75) is 44.6 Å². The first kappa shape index (κ1) is 18.9. The van der Waals surface area contributed by atoms with Gasteiger partial charge in [0.2, 0.25) is 11.8 Å². The van der Waals surface area contributed by atoms with Crippen molar-refractivity contribution < 1.29 is 9.59 Å². The Labute approximate surface area is 156 Å². The Morgan fingerprint density at radius 2 is 1.92 bits per heavy atom. The number of carbonyl (C=O) groups excluding carboxylic acids is 2. The monoisotopic (exact) mass is 357 g/mol. The third kappa shape index (κ3) is 4.85. The van der Waals surface area contributed by atoms with Gasteiger partial charge in [0.25, 0.3) is 0 Å². The fraction of sp³-hybridized carbons (Fsp3) is 0.619. The van der Waals surface area contributed by atoms with Crippen LogP contribution < -0.4 is 5.32 Å². The highest BCUT2D eigenvalue weighted by Gasteiger charge is 2.30. The third-order valence-electron chi connectivity index (χ3n) is 5.65. The normalized spacial score (nSPS) is 20.0. The number of nitrogens with one attached hydrogen (secondary N) is 1. The van der Waals surface area contributed by atoms with Crippen molar-refractivity contribution in [1.29, 1.82) is 0 Å². The van der Waals surface area contributed by atoms with Gasteiger partial charge in [-0.1, -0.05) is 24.3 Å². The number of carbonyl (C=O) groups is 2. The standard InChI is InChI=1S/C21H31N3O2/c1-23(2)11-12-24-19(7-8-21(24)26)9-10-22-20(25)15-16-13-17-5-3-4-6-18(17)14-16/h3-6,16,19H,7-15H2,1-2H3,(H,22,25)/t19-/m1/s1. The average molecular weight is 357 g/mol. The molecule has 1 aromatic carbocycles. The van der Waals surface area contributed by atoms with Gasteiger partial charge < -0.3 is 15.1 Å². The maximum atomic E-state index is 12.3. The zero-order valence-electron chi connectivity index (χ0n) is 16.0. The summed E-state index contributed by atoms with van der Waals surface area (Å²) in [5, 5.41) is 3.08. The average Bonchev–Trinajstić information content (AvgIpc) is 3.15. The van der Waals surface area contributed by atoms with Crippen LogP contribution in [-0.2, 0) is 22.4 Å². The van der Waals surface area contributed by atoms with Crippen LogP contribution in [0.2, 0.25) is 0 Å². The highest BCUT2D eigenvalue weighted by molar-refractivity contribution is 5.79. The number of benzene rings is 1. The summed E-state index contributed by atoms with van der Waals surface area (Å²) in [6, 6.07) is 8.77. The summed E-state index contributed by atoms with van der Waals surface area (Å²) < 4.78 is 0. The second-order valence-electron chi connectivity index (χ2n) is 7.97. The van der Waals surface area contributed by atoms with E-state index in [2.05, 4.69) is 34.5 Å². The predicted octanol–water partition coefficient (Wildman–Crippen LogP) is 1.85. The van der Waals surface area contributed by atoms with Crippen molar-refractivity contribution in [3.05, 3.63) is 35.4 Å². The first-order valence-corrected chi connectivity index (χ1v) is 9.80. The predicted molar refractivity (Wildman–Crippen MR) is 103 cm³/mol. The number of hydrogen-bond donors (Lipinski definition) is 1. The molecule has 26 heavy (non-hydrogen) atoms. The van der Waals surface area contributed by atoms with Gasteiger partial charge >= 0.3 is 0 Å². The Hall–Kier alpha value is -1.88. The van der Waals surface area contributed by atoms with Crippen molar-refractivity contribution >= 4 is 11.8 Å². The number of rotatable bonds is 8. The molecule has 1 heterocycles. The van der Waals surface area contributed by atoms with E-state index in [4.69, 9.17) is 0 Å². The van der Waals surface area contributed by atoms with Crippen LogP contribution in [0.3, 0.4) is 0 Å². The molecule has 3 rings (SSSR count). The molecule has 5 nitrogen and oxygen atoms in total. The fourth-order valence-corrected chi connectivity index (χ4v) is 4.22. The van der Waals surface area contributed by atoms with E-state index in [1.54, 1.807) is 0 Å². The summed E-state index contributed by atoms with van der Waals surface area (Å²) in [5.74, 6) is 0.830. The zero-order chi connectivity index (χ0) is 18.5. The van der Waals surface area contributed by atoms with Crippen LogP contribution in [0.15, 0.2) is 24.3 Å². The molecule has 5 heteroatoms. The topological polar surface area (TPSA) is 52.6 Å². The molecule has 142 valence electrons. The van der Waals surface area contributed by atoms with Gasteiger partial charge in [-0.2, -0.15) is 0 Å². The van der Waals surface area contributed by atoms with Crippen LogP contribution >= 0.6 is 0 Å². The van der Waals surface area contributed by atoms with Gasteiger partial charge in [-0.25, -0.2) is 0 Å². The van der Waals surface area contributed by atoms with Crippen molar-refractivity contribution in [2.75, 3.05) is 33.7 Å². The van der Waals surface area contributed by atoms with Crippen LogP contribution in [0.4, 0.5) is 0 Å². The van der Waals surface area contributed by atoms with Gasteiger partial charge in [-0.05, 0) is 56.8 Å². The second kappa shape index (κ2) is 8.67. The minimum atomic E-state index is 0.145. The summed E-state index contributed by atoms with van der Waals surface area (Å²) in [5.41, 5.74) is 2.79. The van der Waals surface area contributed by atoms with E-state index in [1.807, 2.05) is 19.0 Å². The van der Waals surface area contributed by atoms with Crippen LogP contribution in [0, 0.1) is 5.92 Å². The van der Waals surface area contributed by atoms with Crippen LogP contribution in [0.25, 0.3) is 0 Å². The molecule has 1 N–H and O–H groups in total. The van der Waals surface area contributed by atoms with Gasteiger partial charge in [0.05, 0.1) is 0 Å². The number of likely N-dealkylation sites (tertiary alicyclic amines) is 1. The molecule has 0 spiro atoms. The quantitative estimate of drug-likeness (QED) is 0.773. The molecule has 0 saturated carbocycles. The van der Waals surface area contributed by atoms with Crippen molar-refractivity contribution in [3.63, 3.8) is 0 Å². The summed E-state index contributed by atoms with van der Waals surface area (Å²) in [6.07, 6.45) is 5.04. The summed E-state index contributed by atoms with van der Waals surface area (Å²) >= 11 is 0. The molecule has 0 radical (unpaired) electrons. The smallest absolute Gasteiger partial charge is 0.222 e. The molecule has 1 aliphatic heterocycles. The third-order valence-corrected chi connectivity index (χ3v) is 5.65. The molecule has 1 saturated heterocycles. The van der Waals surface area contributed by atoms with E-state index in [9.17, 15) is 9.59 Å². The molecular formula is C21H31N3O2. The molecule has 0 aromatic heterocycles. The highest BCUT2D eigenvalue weighted by atomic mass is 16.2. The molecule has 2 amide bonds. The van der Waals surface area contributed by atoms with Gasteiger partial charge in [-0.3, -0.25) is 9.59 Å². The highest BCUT2D eigenvalue weighted by Crippen LogP contribution is 2.28. The van der Waals surface area contributed by atoms with Gasteiger partial charge in [0.1, 0.15) is 0 Å². The lowest BCUT2D eigenvalue weighted by Crippen LogP contribution is -2.40. The molecule has 2 aliphatic rings. The first-order chi connectivity index (χ1) is 12.5. The summed E-state index contributed by atoms with van der Waals surface area (Å²) in [7, 11) is 4.05. The lowest BCUT2D eigenvalue weighted by atomic mass is 10.0. The van der Waals surface area contributed by atoms with Crippen LogP contribution in [-0.4, -0.2) is 61.4 Å². The molecule has 0 unspecified atom stereocenters. The van der Waals surface area contributed by atoms with E-state index in [1.165, 1.54) is 11.1 Å². The van der Waals surface area contributed by atoms with Crippen LogP contribution in [0.5, 0.6) is 0 Å². The first-order valence-electron chi connectivity index (χ1n) is 9.80. The molecule has 1 aromatic rings. The largest absolute Gasteiger partial charge is 0.356 e. The minimum Gasteiger partial charge on any atom is -0.356 e. The van der Waals surface area contributed by atoms with E-state index >= 15 is 0 Å². The second-order valence-corrected chi connectivity index (χ2v) is 7.97. The van der Waals surface area contributed by atoms with E-state index < -0.39 is 0 Å². The van der Waals surface area contributed by atoms with Gasteiger partial charge in [0, 0.05) is 38.5 Å². The number of hydrogen-bond acceptors (Lipinski definition) is 3. The molecular weight excluding hydrogens is 326 g/mol. The van der Waals surface area contributed by atoms with Crippen molar-refractivity contribution in [3.8, 4) is 0 Å². The Balaban J connectivity index is 1.38.